The number of amidine groups is 1. The lowest BCUT2D eigenvalue weighted by molar-refractivity contribution is 0.0919. The summed E-state index contributed by atoms with van der Waals surface area (Å²) in [5.74, 6) is -0.968. The van der Waals surface area contributed by atoms with E-state index in [9.17, 15) is 8.78 Å². The van der Waals surface area contributed by atoms with Crippen LogP contribution in [0, 0.1) is 11.6 Å². The maximum Gasteiger partial charge on any atom is 0.200 e. The van der Waals surface area contributed by atoms with Crippen molar-refractivity contribution in [2.75, 3.05) is 27.7 Å². The zero-order valence-corrected chi connectivity index (χ0v) is 17.9. The number of methoxy groups -OCH3 is 1. The molecule has 1 fully saturated rings. The molecular weight excluding hydrogens is 376 g/mol. The van der Waals surface area contributed by atoms with Gasteiger partial charge in [-0.15, -0.1) is 0 Å². The molecule has 2 aliphatic heterocycles. The van der Waals surface area contributed by atoms with E-state index in [1.54, 1.807) is 0 Å². The predicted octanol–water partition coefficient (Wildman–Crippen LogP) is 4.27. The lowest BCUT2D eigenvalue weighted by atomic mass is 10.0. The van der Waals surface area contributed by atoms with E-state index in [-0.39, 0.29) is 11.9 Å². The van der Waals surface area contributed by atoms with Gasteiger partial charge >= 0.3 is 0 Å². The fourth-order valence-electron chi connectivity index (χ4n) is 3.19. The highest BCUT2D eigenvalue weighted by atomic mass is 19.2. The molecule has 1 aromatic rings. The molecule has 0 amide bonds. The monoisotopic (exact) mass is 407 g/mol. The standard InChI is InChI=1S/C15H25N3O.C7H6F2O/c1-10-6-7-14(19-10)15-16-11(2)13(12(3)17-15)8-9-18(4)5;1-10-6-4-2-3-5(8)7(6)9/h10,14H,2,6-9H2,1,3-5H3,(H,16,17);2-4H,1H3. The van der Waals surface area contributed by atoms with Gasteiger partial charge in [-0.05, 0) is 64.9 Å². The molecule has 2 unspecified atom stereocenters. The molecule has 0 spiro atoms. The van der Waals surface area contributed by atoms with Gasteiger partial charge in [-0.3, -0.25) is 0 Å². The topological polar surface area (TPSA) is 46.1 Å². The Kier molecular flexibility index (Phi) is 8.34. The van der Waals surface area contributed by atoms with Crippen molar-refractivity contribution in [3.05, 3.63) is 53.4 Å². The van der Waals surface area contributed by atoms with Gasteiger partial charge in [0.15, 0.2) is 11.6 Å². The molecule has 0 saturated carbocycles. The number of hydrogen-bond acceptors (Lipinski definition) is 5. The molecule has 0 radical (unpaired) electrons. The molecule has 0 aromatic heterocycles. The van der Waals surface area contributed by atoms with Crippen LogP contribution in [0.2, 0.25) is 0 Å². The average molecular weight is 408 g/mol. The van der Waals surface area contributed by atoms with Crippen LogP contribution in [0.3, 0.4) is 0 Å². The summed E-state index contributed by atoms with van der Waals surface area (Å²) in [4.78, 5) is 6.86. The van der Waals surface area contributed by atoms with Crippen LogP contribution in [0.25, 0.3) is 0 Å². The third-order valence-electron chi connectivity index (χ3n) is 4.85. The summed E-state index contributed by atoms with van der Waals surface area (Å²) < 4.78 is 35.2. The number of aliphatic imine (C=N–C) groups is 1. The van der Waals surface area contributed by atoms with Crippen LogP contribution in [-0.4, -0.2) is 50.7 Å². The largest absolute Gasteiger partial charge is 0.494 e. The van der Waals surface area contributed by atoms with Gasteiger partial charge in [0, 0.05) is 17.9 Å². The SMILES string of the molecule is C=C1NC(C2CCC(C)O2)=NC(C)=C1CCN(C)C.COc1cccc(F)c1F. The van der Waals surface area contributed by atoms with Crippen molar-refractivity contribution >= 4 is 5.84 Å². The highest BCUT2D eigenvalue weighted by molar-refractivity contribution is 5.91. The van der Waals surface area contributed by atoms with E-state index in [1.165, 1.54) is 24.8 Å². The van der Waals surface area contributed by atoms with Crippen LogP contribution in [0.5, 0.6) is 5.75 Å². The Morgan fingerprint density at radius 2 is 2.03 bits per heavy atom. The van der Waals surface area contributed by atoms with E-state index in [4.69, 9.17) is 4.74 Å². The van der Waals surface area contributed by atoms with Crippen molar-refractivity contribution < 1.29 is 18.3 Å². The molecule has 1 N–H and O–H groups in total. The predicted molar refractivity (Wildman–Crippen MR) is 112 cm³/mol. The number of ether oxygens (including phenoxy) is 2. The van der Waals surface area contributed by atoms with Crippen LogP contribution in [0.1, 0.15) is 33.1 Å². The zero-order valence-electron chi connectivity index (χ0n) is 17.9. The second kappa shape index (κ2) is 10.5. The van der Waals surface area contributed by atoms with Crippen molar-refractivity contribution in [1.29, 1.82) is 0 Å². The van der Waals surface area contributed by atoms with Crippen LogP contribution < -0.4 is 10.1 Å². The highest BCUT2D eigenvalue weighted by Gasteiger charge is 2.29. The van der Waals surface area contributed by atoms with Crippen LogP contribution in [-0.2, 0) is 4.74 Å². The minimum absolute atomic E-state index is 0.0694. The van der Waals surface area contributed by atoms with Gasteiger partial charge in [0.05, 0.1) is 13.2 Å². The first-order chi connectivity index (χ1) is 13.7. The molecule has 0 aliphatic carbocycles. The molecule has 3 rings (SSSR count). The molecule has 2 aliphatic rings. The first-order valence-electron chi connectivity index (χ1n) is 9.75. The molecule has 2 heterocycles. The van der Waals surface area contributed by atoms with E-state index >= 15 is 0 Å². The molecule has 7 heteroatoms. The summed E-state index contributed by atoms with van der Waals surface area (Å²) in [6, 6.07) is 3.79. The van der Waals surface area contributed by atoms with Crippen molar-refractivity contribution in [3.63, 3.8) is 0 Å². The number of nitrogens with one attached hydrogen (secondary N) is 1. The Hall–Kier alpha value is -2.25. The molecule has 29 heavy (non-hydrogen) atoms. The number of rotatable bonds is 5. The fourth-order valence-corrected chi connectivity index (χ4v) is 3.19. The maximum absolute atomic E-state index is 12.5. The number of allylic oxidation sites excluding steroid dienone is 2. The normalized spacial score (nSPS) is 21.5. The second-order valence-corrected chi connectivity index (χ2v) is 7.49. The van der Waals surface area contributed by atoms with Crippen molar-refractivity contribution in [1.82, 2.24) is 10.2 Å². The summed E-state index contributed by atoms with van der Waals surface area (Å²) in [6.07, 6.45) is 3.57. The van der Waals surface area contributed by atoms with Crippen molar-refractivity contribution in [3.8, 4) is 5.75 Å². The minimum Gasteiger partial charge on any atom is -0.494 e. The van der Waals surface area contributed by atoms with E-state index in [1.807, 2.05) is 0 Å². The second-order valence-electron chi connectivity index (χ2n) is 7.49. The molecule has 160 valence electrons. The van der Waals surface area contributed by atoms with Gasteiger partial charge in [-0.2, -0.15) is 4.39 Å². The summed E-state index contributed by atoms with van der Waals surface area (Å²) in [6.45, 7) is 9.33. The lowest BCUT2D eigenvalue weighted by Crippen LogP contribution is -2.37. The molecule has 0 bridgehead atoms. The molecule has 1 aromatic carbocycles. The summed E-state index contributed by atoms with van der Waals surface area (Å²) in [7, 11) is 5.45. The van der Waals surface area contributed by atoms with Crippen molar-refractivity contribution in [2.24, 2.45) is 4.99 Å². The molecule has 5 nitrogen and oxygen atoms in total. The summed E-state index contributed by atoms with van der Waals surface area (Å²) in [5.41, 5.74) is 3.28. The zero-order chi connectivity index (χ0) is 21.6. The Morgan fingerprint density at radius 1 is 1.31 bits per heavy atom. The van der Waals surface area contributed by atoms with Crippen LogP contribution in [0.4, 0.5) is 8.78 Å². The average Bonchev–Trinajstić information content (AvgIpc) is 3.10. The van der Waals surface area contributed by atoms with Crippen LogP contribution in [0.15, 0.2) is 46.7 Å². The quantitative estimate of drug-likeness (QED) is 0.792. The van der Waals surface area contributed by atoms with Gasteiger partial charge in [0.2, 0.25) is 5.82 Å². The van der Waals surface area contributed by atoms with E-state index in [2.05, 4.69) is 54.5 Å². The Bertz CT molecular complexity index is 790. The minimum atomic E-state index is -0.940. The number of halogens is 2. The highest BCUT2D eigenvalue weighted by Crippen LogP contribution is 2.26. The van der Waals surface area contributed by atoms with E-state index < -0.39 is 11.6 Å². The van der Waals surface area contributed by atoms with Crippen molar-refractivity contribution in [2.45, 2.75) is 45.3 Å². The maximum atomic E-state index is 12.5. The van der Waals surface area contributed by atoms with E-state index in [0.29, 0.717) is 6.10 Å². The first kappa shape index (κ1) is 23.0. The Morgan fingerprint density at radius 3 is 2.55 bits per heavy atom. The lowest BCUT2D eigenvalue weighted by Gasteiger charge is -2.25. The molecule has 2 atom stereocenters. The molecule has 1 saturated heterocycles. The number of hydrogen-bond donors (Lipinski definition) is 1. The van der Waals surface area contributed by atoms with Gasteiger partial charge in [0.1, 0.15) is 11.9 Å². The van der Waals surface area contributed by atoms with Gasteiger partial charge < -0.3 is 19.7 Å². The Labute approximate surface area is 172 Å². The van der Waals surface area contributed by atoms with Gasteiger partial charge in [0.25, 0.3) is 0 Å². The number of nitrogens with zero attached hydrogens (tertiary/aromatic N) is 2. The Balaban J connectivity index is 0.000000253. The first-order valence-corrected chi connectivity index (χ1v) is 9.75. The van der Waals surface area contributed by atoms with Gasteiger partial charge in [-0.1, -0.05) is 12.6 Å². The fraction of sp³-hybridized carbons (Fsp3) is 0.500. The van der Waals surface area contributed by atoms with Gasteiger partial charge in [-0.25, -0.2) is 9.38 Å². The van der Waals surface area contributed by atoms with E-state index in [0.717, 1.165) is 49.1 Å². The summed E-state index contributed by atoms with van der Waals surface area (Å²) >= 11 is 0. The number of benzene rings is 1. The van der Waals surface area contributed by atoms with Crippen LogP contribution >= 0.6 is 0 Å². The summed E-state index contributed by atoms with van der Waals surface area (Å²) in [5, 5.41) is 3.34. The third-order valence-corrected chi connectivity index (χ3v) is 4.85. The smallest absolute Gasteiger partial charge is 0.200 e. The third kappa shape index (κ3) is 6.37. The molecular formula is C22H31F2N3O2.